The van der Waals surface area contributed by atoms with Gasteiger partial charge in [0.1, 0.15) is 10.7 Å². The molecule has 0 radical (unpaired) electrons. The maximum atomic E-state index is 11.1. The number of hydrogen-bond acceptors (Lipinski definition) is 3. The minimum Gasteiger partial charge on any atom is -0.478 e. The number of halogens is 1. The normalized spacial score (nSPS) is 10.6. The molecule has 0 saturated carbocycles. The van der Waals surface area contributed by atoms with Crippen molar-refractivity contribution in [2.45, 2.75) is 0 Å². The summed E-state index contributed by atoms with van der Waals surface area (Å²) >= 11 is 5.81. The second-order valence-corrected chi connectivity index (χ2v) is 3.45. The average molecular weight is 240 g/mol. The largest absolute Gasteiger partial charge is 0.478 e. The lowest BCUT2D eigenvalue weighted by Crippen LogP contribution is -2.14. The van der Waals surface area contributed by atoms with Crippen LogP contribution in [0.2, 0.25) is 5.15 Å². The fraction of sp³-hybridized carbons (Fsp3) is 0. The Hall–Kier alpha value is -2.08. The van der Waals surface area contributed by atoms with Crippen molar-refractivity contribution in [3.05, 3.63) is 34.6 Å². The molecule has 0 atom stereocenters. The van der Waals surface area contributed by atoms with E-state index in [1.54, 1.807) is 0 Å². The zero-order valence-corrected chi connectivity index (χ0v) is 8.60. The summed E-state index contributed by atoms with van der Waals surface area (Å²) in [6, 6.07) is 2.79. The van der Waals surface area contributed by atoms with Gasteiger partial charge in [-0.15, -0.1) is 0 Å². The number of fused-ring (bicyclic) bond motifs is 1. The molecule has 2 aromatic rings. The summed E-state index contributed by atoms with van der Waals surface area (Å²) in [7, 11) is 0. The van der Waals surface area contributed by atoms with Crippen molar-refractivity contribution in [3.63, 3.8) is 0 Å². The third-order valence-electron chi connectivity index (χ3n) is 2.11. The van der Waals surface area contributed by atoms with Gasteiger partial charge in [-0.1, -0.05) is 11.6 Å². The van der Waals surface area contributed by atoms with Crippen LogP contribution in [0.15, 0.2) is 18.3 Å². The molecule has 7 heteroatoms. The smallest absolute Gasteiger partial charge is 0.339 e. The molecule has 1 amide bonds. The Balaban J connectivity index is 2.92. The number of hydrogen-bond donors (Lipinski definition) is 2. The van der Waals surface area contributed by atoms with E-state index in [0.29, 0.717) is 0 Å². The fourth-order valence-corrected chi connectivity index (χ4v) is 1.62. The van der Waals surface area contributed by atoms with Gasteiger partial charge >= 0.3 is 5.97 Å². The minimum atomic E-state index is -1.19. The number of aromatic nitrogens is 2. The number of primary amides is 1. The summed E-state index contributed by atoms with van der Waals surface area (Å²) in [4.78, 5) is 22.1. The first-order valence-electron chi connectivity index (χ1n) is 4.21. The van der Waals surface area contributed by atoms with Crippen molar-refractivity contribution in [1.82, 2.24) is 9.61 Å². The number of nitrogens with two attached hydrogens (primary N) is 1. The van der Waals surface area contributed by atoms with Gasteiger partial charge in [0.2, 0.25) is 0 Å². The molecule has 0 unspecified atom stereocenters. The highest BCUT2D eigenvalue weighted by Crippen LogP contribution is 2.20. The Morgan fingerprint density at radius 2 is 2.06 bits per heavy atom. The lowest BCUT2D eigenvalue weighted by molar-refractivity contribution is 0.0699. The molecule has 0 saturated heterocycles. The first kappa shape index (κ1) is 10.4. The van der Waals surface area contributed by atoms with Crippen molar-refractivity contribution in [1.29, 1.82) is 0 Å². The predicted octanol–water partition coefficient (Wildman–Crippen LogP) is 0.785. The number of amides is 1. The summed E-state index contributed by atoms with van der Waals surface area (Å²) in [6.45, 7) is 0. The summed E-state index contributed by atoms with van der Waals surface area (Å²) in [5.41, 5.74) is 5.20. The molecule has 0 aliphatic rings. The van der Waals surface area contributed by atoms with Gasteiger partial charge in [-0.05, 0) is 12.1 Å². The van der Waals surface area contributed by atoms with Gasteiger partial charge < -0.3 is 10.8 Å². The van der Waals surface area contributed by atoms with Gasteiger partial charge in [0.05, 0.1) is 17.3 Å². The molecule has 82 valence electrons. The summed E-state index contributed by atoms with van der Waals surface area (Å²) < 4.78 is 1.16. The van der Waals surface area contributed by atoms with Crippen molar-refractivity contribution >= 4 is 29.0 Å². The first-order chi connectivity index (χ1) is 7.52. The van der Waals surface area contributed by atoms with Gasteiger partial charge in [0.15, 0.2) is 0 Å². The third-order valence-corrected chi connectivity index (χ3v) is 2.40. The van der Waals surface area contributed by atoms with Crippen LogP contribution in [-0.2, 0) is 0 Å². The Morgan fingerprint density at radius 3 is 2.62 bits per heavy atom. The number of carbonyl (C=O) groups is 2. The van der Waals surface area contributed by atoms with Crippen LogP contribution in [0.25, 0.3) is 5.52 Å². The summed E-state index contributed by atoms with van der Waals surface area (Å²) in [5, 5.41) is 12.9. The standard InChI is InChI=1S/C9H6ClN3O3/c10-6-2-1-4(8(11)14)7-5(9(15)16)3-12-13(6)7/h1-3H,(H2,11,14)(H,15,16). The molecule has 0 aliphatic carbocycles. The van der Waals surface area contributed by atoms with Gasteiger partial charge in [-0.2, -0.15) is 5.10 Å². The van der Waals surface area contributed by atoms with Crippen molar-refractivity contribution in [3.8, 4) is 0 Å². The highest BCUT2D eigenvalue weighted by molar-refractivity contribution is 6.30. The Labute approximate surface area is 94.2 Å². The van der Waals surface area contributed by atoms with Gasteiger partial charge in [0.25, 0.3) is 5.91 Å². The van der Waals surface area contributed by atoms with E-state index in [1.165, 1.54) is 12.1 Å². The maximum Gasteiger partial charge on any atom is 0.339 e. The lowest BCUT2D eigenvalue weighted by Gasteiger charge is -2.02. The van der Waals surface area contributed by atoms with Crippen LogP contribution in [0.1, 0.15) is 20.7 Å². The highest BCUT2D eigenvalue weighted by atomic mass is 35.5. The maximum absolute atomic E-state index is 11.1. The monoisotopic (exact) mass is 239 g/mol. The Kier molecular flexibility index (Phi) is 2.28. The number of carboxylic acids is 1. The molecule has 0 spiro atoms. The molecule has 2 aromatic heterocycles. The summed E-state index contributed by atoms with van der Waals surface area (Å²) in [6.07, 6.45) is 1.12. The van der Waals surface area contributed by atoms with Crippen LogP contribution in [0.5, 0.6) is 0 Å². The number of rotatable bonds is 2. The van der Waals surface area contributed by atoms with Crippen LogP contribution >= 0.6 is 11.6 Å². The van der Waals surface area contributed by atoms with Crippen molar-refractivity contribution in [2.75, 3.05) is 0 Å². The fourth-order valence-electron chi connectivity index (χ4n) is 1.43. The third kappa shape index (κ3) is 1.40. The van der Waals surface area contributed by atoms with E-state index < -0.39 is 11.9 Å². The van der Waals surface area contributed by atoms with Gasteiger partial charge in [-0.3, -0.25) is 4.79 Å². The second kappa shape index (κ2) is 3.49. The van der Waals surface area contributed by atoms with E-state index in [4.69, 9.17) is 22.4 Å². The molecule has 0 fully saturated rings. The van der Waals surface area contributed by atoms with E-state index in [-0.39, 0.29) is 21.8 Å². The van der Waals surface area contributed by atoms with Crippen LogP contribution < -0.4 is 5.73 Å². The molecule has 0 bridgehead atoms. The first-order valence-corrected chi connectivity index (χ1v) is 4.59. The average Bonchev–Trinajstić information content (AvgIpc) is 2.62. The van der Waals surface area contributed by atoms with Crippen LogP contribution in [0.4, 0.5) is 0 Å². The van der Waals surface area contributed by atoms with Crippen LogP contribution in [-0.4, -0.2) is 26.6 Å². The number of aromatic carboxylic acids is 1. The zero-order chi connectivity index (χ0) is 11.9. The molecule has 0 aromatic carbocycles. The second-order valence-electron chi connectivity index (χ2n) is 3.06. The Morgan fingerprint density at radius 1 is 1.38 bits per heavy atom. The molecular weight excluding hydrogens is 234 g/mol. The molecular formula is C9H6ClN3O3. The SMILES string of the molecule is NC(=O)c1ccc(Cl)n2ncc(C(=O)O)c12. The highest BCUT2D eigenvalue weighted by Gasteiger charge is 2.18. The van der Waals surface area contributed by atoms with E-state index >= 15 is 0 Å². The number of carboxylic acid groups (broad SMARTS) is 1. The summed E-state index contributed by atoms with van der Waals surface area (Å²) in [5.74, 6) is -1.93. The molecule has 2 heterocycles. The van der Waals surface area contributed by atoms with E-state index in [1.807, 2.05) is 0 Å². The minimum absolute atomic E-state index is 0.0688. The lowest BCUT2D eigenvalue weighted by atomic mass is 10.1. The Bertz CT molecular complexity index is 605. The molecule has 6 nitrogen and oxygen atoms in total. The molecule has 2 rings (SSSR count). The van der Waals surface area contributed by atoms with E-state index in [0.717, 1.165) is 10.7 Å². The van der Waals surface area contributed by atoms with E-state index in [9.17, 15) is 9.59 Å². The predicted molar refractivity (Wildman–Crippen MR) is 55.7 cm³/mol. The number of pyridine rings is 1. The van der Waals surface area contributed by atoms with Crippen LogP contribution in [0, 0.1) is 0 Å². The molecule has 3 N–H and O–H groups in total. The molecule has 16 heavy (non-hydrogen) atoms. The number of carbonyl (C=O) groups excluding carboxylic acids is 1. The van der Waals surface area contributed by atoms with Crippen molar-refractivity contribution < 1.29 is 14.7 Å². The van der Waals surface area contributed by atoms with Gasteiger partial charge in [-0.25, -0.2) is 9.31 Å². The molecule has 0 aliphatic heterocycles. The topological polar surface area (TPSA) is 97.7 Å². The zero-order valence-electron chi connectivity index (χ0n) is 7.85. The van der Waals surface area contributed by atoms with Crippen molar-refractivity contribution in [2.24, 2.45) is 5.73 Å². The van der Waals surface area contributed by atoms with E-state index in [2.05, 4.69) is 5.10 Å². The quantitative estimate of drug-likeness (QED) is 0.757. The van der Waals surface area contributed by atoms with Crippen LogP contribution in [0.3, 0.4) is 0 Å². The van der Waals surface area contributed by atoms with Gasteiger partial charge in [0, 0.05) is 0 Å². The number of nitrogens with zero attached hydrogens (tertiary/aromatic N) is 2.